The third kappa shape index (κ3) is 3.36. The summed E-state index contributed by atoms with van der Waals surface area (Å²) in [5.41, 5.74) is 0.669. The van der Waals surface area contributed by atoms with E-state index in [4.69, 9.17) is 4.74 Å². The Morgan fingerprint density at radius 1 is 1.32 bits per heavy atom. The van der Waals surface area contributed by atoms with Crippen LogP contribution in [-0.4, -0.2) is 22.5 Å². The van der Waals surface area contributed by atoms with Gasteiger partial charge >= 0.3 is 4.87 Å². The van der Waals surface area contributed by atoms with Gasteiger partial charge in [-0.2, -0.15) is 0 Å². The number of nitrogens with zero attached hydrogens (tertiary/aromatic N) is 2. The normalized spacial score (nSPS) is 10.6. The summed E-state index contributed by atoms with van der Waals surface area (Å²) in [6, 6.07) is 11.1. The molecule has 1 N–H and O–H groups in total. The number of hydrogen-bond acceptors (Lipinski definition) is 6. The standard InChI is InChI=1S/C16H13N3O5S/c1-24-13-7-6-10(19(22)23)8-11(13)17-15(20)9-18-12-4-2-3-5-14(12)25-16(18)21/h2-8H,9H2,1H3,(H,17,20). The van der Waals surface area contributed by atoms with Crippen molar-refractivity contribution in [3.05, 3.63) is 62.2 Å². The van der Waals surface area contributed by atoms with Crippen molar-refractivity contribution < 1.29 is 14.5 Å². The summed E-state index contributed by atoms with van der Waals surface area (Å²) in [4.78, 5) is 34.5. The molecule has 8 nitrogen and oxygen atoms in total. The molecule has 0 atom stereocenters. The molecule has 0 aliphatic rings. The fourth-order valence-electron chi connectivity index (χ4n) is 2.40. The molecule has 0 saturated carbocycles. The Labute approximate surface area is 145 Å². The quantitative estimate of drug-likeness (QED) is 0.557. The summed E-state index contributed by atoms with van der Waals surface area (Å²) >= 11 is 1.05. The maximum Gasteiger partial charge on any atom is 0.308 e. The number of para-hydroxylation sites is 1. The minimum atomic E-state index is -0.564. The topological polar surface area (TPSA) is 103 Å². The van der Waals surface area contributed by atoms with Crippen LogP contribution < -0.4 is 14.9 Å². The monoisotopic (exact) mass is 359 g/mol. The number of anilines is 1. The summed E-state index contributed by atoms with van der Waals surface area (Å²) in [5, 5.41) is 13.5. The van der Waals surface area contributed by atoms with Gasteiger partial charge < -0.3 is 10.1 Å². The molecule has 3 aromatic rings. The van der Waals surface area contributed by atoms with Gasteiger partial charge in [0.2, 0.25) is 5.91 Å². The number of amides is 1. The number of aromatic nitrogens is 1. The number of carbonyl (C=O) groups is 1. The molecule has 1 aromatic heterocycles. The first-order valence-electron chi connectivity index (χ1n) is 7.20. The van der Waals surface area contributed by atoms with Gasteiger partial charge in [0.15, 0.2) is 0 Å². The van der Waals surface area contributed by atoms with Crippen LogP contribution in [0.3, 0.4) is 0 Å². The fourth-order valence-corrected chi connectivity index (χ4v) is 3.29. The molecule has 9 heteroatoms. The number of thiazole rings is 1. The van der Waals surface area contributed by atoms with E-state index in [1.807, 2.05) is 6.07 Å². The second-order valence-corrected chi connectivity index (χ2v) is 6.10. The molecule has 0 aliphatic carbocycles. The molecular weight excluding hydrogens is 346 g/mol. The van der Waals surface area contributed by atoms with E-state index in [1.54, 1.807) is 18.2 Å². The van der Waals surface area contributed by atoms with Crippen LogP contribution in [0.15, 0.2) is 47.3 Å². The zero-order chi connectivity index (χ0) is 18.0. The van der Waals surface area contributed by atoms with Crippen molar-refractivity contribution in [2.24, 2.45) is 0 Å². The number of fused-ring (bicyclic) bond motifs is 1. The van der Waals surface area contributed by atoms with Crippen molar-refractivity contribution in [3.63, 3.8) is 0 Å². The maximum absolute atomic E-state index is 12.3. The Hall–Kier alpha value is -3.20. The zero-order valence-corrected chi connectivity index (χ0v) is 13.9. The van der Waals surface area contributed by atoms with E-state index in [2.05, 4.69) is 5.32 Å². The minimum absolute atomic E-state index is 0.172. The van der Waals surface area contributed by atoms with Gasteiger partial charge in [0.05, 0.1) is 27.9 Å². The molecule has 1 amide bonds. The largest absolute Gasteiger partial charge is 0.495 e. The van der Waals surface area contributed by atoms with Crippen molar-refractivity contribution in [2.75, 3.05) is 12.4 Å². The highest BCUT2D eigenvalue weighted by molar-refractivity contribution is 7.16. The molecule has 2 aromatic carbocycles. The number of nitrogens with one attached hydrogen (secondary N) is 1. The van der Waals surface area contributed by atoms with E-state index >= 15 is 0 Å². The second kappa shape index (κ2) is 6.73. The molecule has 0 spiro atoms. The third-order valence-corrected chi connectivity index (χ3v) is 4.50. The van der Waals surface area contributed by atoms with Crippen molar-refractivity contribution in [1.82, 2.24) is 4.57 Å². The molecule has 0 aliphatic heterocycles. The minimum Gasteiger partial charge on any atom is -0.495 e. The number of hydrogen-bond donors (Lipinski definition) is 1. The van der Waals surface area contributed by atoms with E-state index in [9.17, 15) is 19.7 Å². The molecule has 0 bridgehead atoms. The Bertz CT molecular complexity index is 1020. The highest BCUT2D eigenvalue weighted by Crippen LogP contribution is 2.29. The van der Waals surface area contributed by atoms with Gasteiger partial charge in [-0.3, -0.25) is 24.3 Å². The predicted octanol–water partition coefficient (Wildman–Crippen LogP) is 2.62. The SMILES string of the molecule is COc1ccc([N+](=O)[O-])cc1NC(=O)Cn1c(=O)sc2ccccc21. The number of nitro groups is 1. The Kier molecular flexibility index (Phi) is 4.48. The van der Waals surface area contributed by atoms with Crippen LogP contribution in [0.4, 0.5) is 11.4 Å². The van der Waals surface area contributed by atoms with Crippen LogP contribution in [0.25, 0.3) is 10.2 Å². The maximum atomic E-state index is 12.3. The van der Waals surface area contributed by atoms with E-state index in [0.717, 1.165) is 16.0 Å². The molecule has 128 valence electrons. The summed E-state index contributed by atoms with van der Waals surface area (Å²) in [6.45, 7) is -0.200. The smallest absolute Gasteiger partial charge is 0.308 e. The Morgan fingerprint density at radius 2 is 2.08 bits per heavy atom. The molecule has 0 unspecified atom stereocenters. The predicted molar refractivity (Wildman–Crippen MR) is 94.4 cm³/mol. The molecule has 1 heterocycles. The average Bonchev–Trinajstić information content (AvgIpc) is 2.90. The van der Waals surface area contributed by atoms with Gasteiger partial charge in [0, 0.05) is 12.1 Å². The summed E-state index contributed by atoms with van der Waals surface area (Å²) in [5.74, 6) is -0.189. The van der Waals surface area contributed by atoms with E-state index < -0.39 is 10.8 Å². The zero-order valence-electron chi connectivity index (χ0n) is 13.1. The van der Waals surface area contributed by atoms with Crippen molar-refractivity contribution in [3.8, 4) is 5.75 Å². The first-order valence-corrected chi connectivity index (χ1v) is 8.02. The van der Waals surface area contributed by atoms with Crippen LogP contribution in [0.5, 0.6) is 5.75 Å². The number of rotatable bonds is 5. The van der Waals surface area contributed by atoms with Crippen LogP contribution in [-0.2, 0) is 11.3 Å². The lowest BCUT2D eigenvalue weighted by atomic mass is 10.2. The van der Waals surface area contributed by atoms with Crippen LogP contribution in [0.1, 0.15) is 0 Å². The highest BCUT2D eigenvalue weighted by atomic mass is 32.1. The Balaban J connectivity index is 1.87. The number of non-ortho nitro benzene ring substituents is 1. The van der Waals surface area contributed by atoms with E-state index in [0.29, 0.717) is 11.3 Å². The van der Waals surface area contributed by atoms with E-state index in [-0.39, 0.29) is 22.8 Å². The van der Waals surface area contributed by atoms with Gasteiger partial charge in [0.1, 0.15) is 12.3 Å². The first kappa shape index (κ1) is 16.7. The number of benzene rings is 2. The lowest BCUT2D eigenvalue weighted by Crippen LogP contribution is -2.24. The van der Waals surface area contributed by atoms with E-state index in [1.165, 1.54) is 29.9 Å². The molecule has 0 fully saturated rings. The molecule has 3 rings (SSSR count). The first-order chi connectivity index (χ1) is 12.0. The molecule has 0 saturated heterocycles. The molecule has 25 heavy (non-hydrogen) atoms. The molecule has 0 radical (unpaired) electrons. The van der Waals surface area contributed by atoms with Crippen molar-refractivity contribution >= 4 is 38.8 Å². The number of carbonyl (C=O) groups excluding carboxylic acids is 1. The van der Waals surface area contributed by atoms with Gasteiger partial charge in [-0.1, -0.05) is 23.5 Å². The summed E-state index contributed by atoms with van der Waals surface area (Å²) in [7, 11) is 1.40. The lowest BCUT2D eigenvalue weighted by molar-refractivity contribution is -0.384. The molecular formula is C16H13N3O5S. The average molecular weight is 359 g/mol. The van der Waals surface area contributed by atoms with Gasteiger partial charge in [-0.25, -0.2) is 0 Å². The van der Waals surface area contributed by atoms with Gasteiger partial charge in [-0.05, 0) is 18.2 Å². The highest BCUT2D eigenvalue weighted by Gasteiger charge is 2.15. The summed E-state index contributed by atoms with van der Waals surface area (Å²) in [6.07, 6.45) is 0. The summed E-state index contributed by atoms with van der Waals surface area (Å²) < 4.78 is 7.25. The number of methoxy groups -OCH3 is 1. The second-order valence-electron chi connectivity index (χ2n) is 5.11. The van der Waals surface area contributed by atoms with Crippen LogP contribution in [0, 0.1) is 10.1 Å². The van der Waals surface area contributed by atoms with Crippen LogP contribution >= 0.6 is 11.3 Å². The van der Waals surface area contributed by atoms with Crippen molar-refractivity contribution in [1.29, 1.82) is 0 Å². The van der Waals surface area contributed by atoms with Crippen LogP contribution in [0.2, 0.25) is 0 Å². The lowest BCUT2D eigenvalue weighted by Gasteiger charge is -2.10. The van der Waals surface area contributed by atoms with Crippen molar-refractivity contribution in [2.45, 2.75) is 6.54 Å². The van der Waals surface area contributed by atoms with Gasteiger partial charge in [0.25, 0.3) is 5.69 Å². The third-order valence-electron chi connectivity index (χ3n) is 3.54. The van der Waals surface area contributed by atoms with Gasteiger partial charge in [-0.15, -0.1) is 0 Å². The fraction of sp³-hybridized carbons (Fsp3) is 0.125. The number of nitro benzene ring substituents is 1. The number of ether oxygens (including phenoxy) is 1. The Morgan fingerprint density at radius 3 is 2.80 bits per heavy atom.